The van der Waals surface area contributed by atoms with Gasteiger partial charge in [0.15, 0.2) is 0 Å². The van der Waals surface area contributed by atoms with Crippen molar-refractivity contribution in [3.8, 4) is 0 Å². The lowest BCUT2D eigenvalue weighted by molar-refractivity contribution is 0.945. The van der Waals surface area contributed by atoms with Gasteiger partial charge >= 0.3 is 0 Å². The Labute approximate surface area is 113 Å². The Morgan fingerprint density at radius 1 is 1.00 bits per heavy atom. The van der Waals surface area contributed by atoms with Gasteiger partial charge in [0.1, 0.15) is 16.5 Å². The average Bonchev–Trinajstić information content (AvgIpc) is 2.35. The van der Waals surface area contributed by atoms with Gasteiger partial charge in [-0.3, -0.25) is 0 Å². The van der Waals surface area contributed by atoms with Crippen molar-refractivity contribution in [1.29, 1.82) is 0 Å². The summed E-state index contributed by atoms with van der Waals surface area (Å²) in [5, 5.41) is 8.32. The summed E-state index contributed by atoms with van der Waals surface area (Å²) in [5.41, 5.74) is 0. The summed E-state index contributed by atoms with van der Waals surface area (Å²) in [7, 11) is -2.99. The van der Waals surface area contributed by atoms with Crippen molar-refractivity contribution in [1.82, 2.24) is 15.2 Å². The van der Waals surface area contributed by atoms with Crippen molar-refractivity contribution in [2.24, 2.45) is 0 Å². The Morgan fingerprint density at radius 3 is 1.89 bits per heavy atom. The maximum atomic E-state index is 4.48. The fraction of sp³-hybridized carbons (Fsp3) is 0.750. The first-order valence-electron chi connectivity index (χ1n) is 6.85. The van der Waals surface area contributed by atoms with Crippen molar-refractivity contribution in [2.75, 3.05) is 4.23 Å². The van der Waals surface area contributed by atoms with E-state index in [1.165, 1.54) is 18.1 Å². The van der Waals surface area contributed by atoms with Crippen LogP contribution in [0, 0.1) is 0 Å². The molecule has 0 aromatic carbocycles. The highest BCUT2D eigenvalue weighted by atomic mass is 28.4. The van der Waals surface area contributed by atoms with Gasteiger partial charge in [-0.25, -0.2) is 4.98 Å². The minimum Gasteiger partial charge on any atom is -0.392 e. The lowest BCUT2D eigenvalue weighted by atomic mass is 10.9. The first kappa shape index (κ1) is 15.3. The van der Waals surface area contributed by atoms with Gasteiger partial charge in [0.25, 0.3) is 0 Å². The van der Waals surface area contributed by atoms with Crippen LogP contribution in [-0.4, -0.2) is 31.7 Å². The molecule has 0 atom stereocenters. The molecule has 0 N–H and O–H groups in total. The SMILES string of the molecule is CC[Si](CC)(CC)N(c1nccnn1)[Si](C)(C)C. The minimum absolute atomic E-state index is 0.855. The quantitative estimate of drug-likeness (QED) is 0.749. The zero-order chi connectivity index (χ0) is 13.8. The summed E-state index contributed by atoms with van der Waals surface area (Å²) < 4.78 is 2.62. The predicted molar refractivity (Wildman–Crippen MR) is 82.8 cm³/mol. The fourth-order valence-electron chi connectivity index (χ4n) is 2.79. The second-order valence-electron chi connectivity index (χ2n) is 5.73. The topological polar surface area (TPSA) is 41.9 Å². The molecule has 0 spiro atoms. The molecule has 0 amide bonds. The fourth-order valence-corrected chi connectivity index (χ4v) is 13.6. The number of hydrogen-bond donors (Lipinski definition) is 0. The molecule has 0 radical (unpaired) electrons. The van der Waals surface area contributed by atoms with E-state index in [1.54, 1.807) is 12.4 Å². The van der Waals surface area contributed by atoms with Crippen molar-refractivity contribution in [2.45, 2.75) is 58.5 Å². The van der Waals surface area contributed by atoms with Crippen LogP contribution in [0.15, 0.2) is 12.4 Å². The van der Waals surface area contributed by atoms with Gasteiger partial charge in [-0.2, -0.15) is 5.10 Å². The molecule has 1 heterocycles. The molecule has 0 fully saturated rings. The summed E-state index contributed by atoms with van der Waals surface area (Å²) in [5.74, 6) is 0.855. The van der Waals surface area contributed by atoms with Crippen LogP contribution in [0.4, 0.5) is 5.95 Å². The molecule has 18 heavy (non-hydrogen) atoms. The van der Waals surface area contributed by atoms with E-state index in [9.17, 15) is 0 Å². The molecular weight excluding hydrogens is 256 g/mol. The van der Waals surface area contributed by atoms with E-state index in [1.807, 2.05) is 0 Å². The molecule has 0 aliphatic rings. The summed E-state index contributed by atoms with van der Waals surface area (Å²) in [6, 6.07) is 3.76. The van der Waals surface area contributed by atoms with Crippen LogP contribution in [0.3, 0.4) is 0 Å². The molecule has 1 aromatic rings. The van der Waals surface area contributed by atoms with Gasteiger partial charge in [-0.05, 0) is 18.1 Å². The molecule has 102 valence electrons. The van der Waals surface area contributed by atoms with Gasteiger partial charge in [0.2, 0.25) is 5.95 Å². The first-order chi connectivity index (χ1) is 8.41. The maximum absolute atomic E-state index is 4.48. The predicted octanol–water partition coefficient (Wildman–Crippen LogP) is 3.52. The monoisotopic (exact) mass is 282 g/mol. The first-order valence-corrected chi connectivity index (χ1v) is 12.9. The van der Waals surface area contributed by atoms with Crippen molar-refractivity contribution in [3.63, 3.8) is 0 Å². The van der Waals surface area contributed by atoms with Gasteiger partial charge in [-0.1, -0.05) is 40.4 Å². The molecule has 0 aliphatic carbocycles. The molecule has 6 heteroatoms. The highest BCUT2D eigenvalue weighted by Gasteiger charge is 2.43. The van der Waals surface area contributed by atoms with Crippen LogP contribution >= 0.6 is 0 Å². The molecule has 0 unspecified atom stereocenters. The molecular formula is C12H26N4Si2. The number of aromatic nitrogens is 3. The standard InChI is InChI=1S/C12H26N4Si2/c1-7-18(8-2,9-3)16(17(4,5)6)12-13-10-11-14-15-12/h10-11H,7-9H2,1-6H3. The summed E-state index contributed by atoms with van der Waals surface area (Å²) in [6.07, 6.45) is 3.41. The third-order valence-corrected chi connectivity index (χ3v) is 13.9. The van der Waals surface area contributed by atoms with Crippen LogP contribution in [0.25, 0.3) is 0 Å². The van der Waals surface area contributed by atoms with E-state index in [4.69, 9.17) is 0 Å². The molecule has 0 bridgehead atoms. The smallest absolute Gasteiger partial charge is 0.229 e. The minimum atomic E-state index is -1.50. The molecule has 0 aliphatic heterocycles. The average molecular weight is 283 g/mol. The van der Waals surface area contributed by atoms with Crippen molar-refractivity contribution < 1.29 is 0 Å². The third kappa shape index (κ3) is 2.97. The number of nitrogens with zero attached hydrogens (tertiary/aromatic N) is 4. The van der Waals surface area contributed by atoms with Crippen molar-refractivity contribution in [3.05, 3.63) is 12.4 Å². The zero-order valence-corrected chi connectivity index (χ0v) is 14.6. The highest BCUT2D eigenvalue weighted by molar-refractivity contribution is 7.00. The van der Waals surface area contributed by atoms with Crippen LogP contribution < -0.4 is 4.23 Å². The van der Waals surface area contributed by atoms with E-state index in [2.05, 4.69) is 59.8 Å². The molecule has 0 saturated heterocycles. The van der Waals surface area contributed by atoms with Crippen LogP contribution in [0.5, 0.6) is 0 Å². The van der Waals surface area contributed by atoms with E-state index in [0.29, 0.717) is 0 Å². The molecule has 1 rings (SSSR count). The molecule has 0 saturated carbocycles. The number of hydrogen-bond acceptors (Lipinski definition) is 4. The maximum Gasteiger partial charge on any atom is 0.229 e. The Bertz CT molecular complexity index is 352. The zero-order valence-electron chi connectivity index (χ0n) is 12.6. The van der Waals surface area contributed by atoms with Gasteiger partial charge in [0.05, 0.1) is 12.4 Å². The molecule has 4 nitrogen and oxygen atoms in total. The second kappa shape index (κ2) is 5.92. The lowest BCUT2D eigenvalue weighted by Crippen LogP contribution is -2.64. The molecule has 1 aromatic heterocycles. The van der Waals surface area contributed by atoms with Crippen LogP contribution in [0.1, 0.15) is 20.8 Å². The van der Waals surface area contributed by atoms with E-state index < -0.39 is 16.5 Å². The largest absolute Gasteiger partial charge is 0.392 e. The Kier molecular flexibility index (Phi) is 5.04. The number of anilines is 1. The second-order valence-corrected chi connectivity index (χ2v) is 16.0. The van der Waals surface area contributed by atoms with Gasteiger partial charge in [0, 0.05) is 0 Å². The van der Waals surface area contributed by atoms with E-state index in [-0.39, 0.29) is 0 Å². The summed E-state index contributed by atoms with van der Waals surface area (Å²) in [6.45, 7) is 14.1. The van der Waals surface area contributed by atoms with Crippen LogP contribution in [-0.2, 0) is 0 Å². The third-order valence-electron chi connectivity index (χ3n) is 3.79. The summed E-state index contributed by atoms with van der Waals surface area (Å²) in [4.78, 5) is 4.48. The van der Waals surface area contributed by atoms with E-state index in [0.717, 1.165) is 5.95 Å². The Hall–Kier alpha value is -0.756. The highest BCUT2D eigenvalue weighted by Crippen LogP contribution is 2.32. The Morgan fingerprint density at radius 2 is 1.56 bits per heavy atom. The van der Waals surface area contributed by atoms with Crippen LogP contribution in [0.2, 0.25) is 37.8 Å². The summed E-state index contributed by atoms with van der Waals surface area (Å²) >= 11 is 0. The van der Waals surface area contributed by atoms with Gasteiger partial charge < -0.3 is 4.23 Å². The van der Waals surface area contributed by atoms with Gasteiger partial charge in [-0.15, -0.1) is 5.10 Å². The lowest BCUT2D eigenvalue weighted by Gasteiger charge is -2.48. The van der Waals surface area contributed by atoms with E-state index >= 15 is 0 Å². The van der Waals surface area contributed by atoms with Crippen molar-refractivity contribution >= 4 is 22.4 Å². The normalized spacial score (nSPS) is 12.6. The Balaban J connectivity index is 3.30. The number of rotatable bonds is 6.